The number of fused-ring (bicyclic) bond motifs is 2. The molecular weight excluding hydrogens is 480 g/mol. The second kappa shape index (κ2) is 9.24. The number of hydrogen-bond acceptors (Lipinski definition) is 11. The van der Waals surface area contributed by atoms with Gasteiger partial charge in [-0.2, -0.15) is 0 Å². The molecule has 188 valence electrons. The number of benzene rings is 2. The number of carboxylic acid groups (broad SMARTS) is 1. The van der Waals surface area contributed by atoms with Crippen LogP contribution in [0.25, 0.3) is 11.0 Å². The lowest BCUT2D eigenvalue weighted by molar-refractivity contribution is -0.270. The van der Waals surface area contributed by atoms with Gasteiger partial charge in [0.2, 0.25) is 13.1 Å². The van der Waals surface area contributed by atoms with E-state index < -0.39 is 54.7 Å². The summed E-state index contributed by atoms with van der Waals surface area (Å²) in [6.45, 7) is 0.0286. The Kier molecular flexibility index (Phi) is 6.10. The van der Waals surface area contributed by atoms with Gasteiger partial charge in [-0.05, 0) is 36.4 Å². The van der Waals surface area contributed by atoms with Crippen molar-refractivity contribution < 1.29 is 58.2 Å². The number of furan rings is 1. The van der Waals surface area contributed by atoms with Gasteiger partial charge in [-0.1, -0.05) is 0 Å². The van der Waals surface area contributed by atoms with Crippen molar-refractivity contribution in [1.82, 2.24) is 0 Å². The molecule has 2 aromatic carbocycles. The quantitative estimate of drug-likeness (QED) is 0.266. The predicted molar refractivity (Wildman–Crippen MR) is 117 cm³/mol. The summed E-state index contributed by atoms with van der Waals surface area (Å²) in [4.78, 5) is 37.4. The summed E-state index contributed by atoms with van der Waals surface area (Å²) >= 11 is 0. The average molecular weight is 500 g/mol. The van der Waals surface area contributed by atoms with Crippen molar-refractivity contribution in [2.24, 2.45) is 0 Å². The monoisotopic (exact) mass is 500 g/mol. The number of aliphatic carboxylic acids is 1. The Labute approximate surface area is 202 Å². The van der Waals surface area contributed by atoms with Crippen LogP contribution >= 0.6 is 0 Å². The molecule has 0 radical (unpaired) electrons. The van der Waals surface area contributed by atoms with Gasteiger partial charge in [0.25, 0.3) is 0 Å². The van der Waals surface area contributed by atoms with Crippen molar-refractivity contribution in [2.75, 3.05) is 6.79 Å². The zero-order valence-corrected chi connectivity index (χ0v) is 18.4. The summed E-state index contributed by atoms with van der Waals surface area (Å²) in [5.74, 6) is -2.02. The van der Waals surface area contributed by atoms with E-state index in [0.717, 1.165) is 0 Å². The summed E-state index contributed by atoms with van der Waals surface area (Å²) in [5, 5.41) is 39.9. The predicted octanol–water partition coefficient (Wildman–Crippen LogP) is 0.888. The van der Waals surface area contributed by atoms with Gasteiger partial charge in [0, 0.05) is 5.56 Å². The minimum absolute atomic E-state index is 0.0286. The maximum Gasteiger partial charge on any atom is 0.335 e. The number of carbonyl (C=O) groups excluding carboxylic acids is 2. The molecule has 12 heteroatoms. The number of rotatable bonds is 7. The van der Waals surface area contributed by atoms with Gasteiger partial charge in [-0.3, -0.25) is 9.59 Å². The number of ketones is 2. The molecule has 5 rings (SSSR count). The second-order valence-corrected chi connectivity index (χ2v) is 8.22. The highest BCUT2D eigenvalue weighted by atomic mass is 16.7. The number of aliphatic hydroxyl groups excluding tert-OH is 3. The smallest absolute Gasteiger partial charge is 0.335 e. The molecule has 12 nitrogen and oxygen atoms in total. The maximum absolute atomic E-state index is 13.2. The Morgan fingerprint density at radius 1 is 0.917 bits per heavy atom. The van der Waals surface area contributed by atoms with Gasteiger partial charge in [-0.25, -0.2) is 4.79 Å². The first-order chi connectivity index (χ1) is 17.2. The van der Waals surface area contributed by atoms with Gasteiger partial charge >= 0.3 is 5.97 Å². The molecule has 0 bridgehead atoms. The molecule has 1 aromatic heterocycles. The van der Waals surface area contributed by atoms with Crippen molar-refractivity contribution in [3.63, 3.8) is 0 Å². The maximum atomic E-state index is 13.2. The molecule has 0 amide bonds. The fourth-order valence-electron chi connectivity index (χ4n) is 4.04. The minimum Gasteiger partial charge on any atom is -0.479 e. The topological polar surface area (TPSA) is 182 Å². The van der Waals surface area contributed by atoms with E-state index in [1.165, 1.54) is 36.6 Å². The highest BCUT2D eigenvalue weighted by Crippen LogP contribution is 2.36. The lowest BCUT2D eigenvalue weighted by atomic mass is 9.98. The first-order valence-electron chi connectivity index (χ1n) is 10.8. The van der Waals surface area contributed by atoms with Crippen LogP contribution in [0.2, 0.25) is 0 Å². The second-order valence-electron chi connectivity index (χ2n) is 8.22. The van der Waals surface area contributed by atoms with Crippen molar-refractivity contribution in [3.8, 4) is 17.2 Å². The van der Waals surface area contributed by atoms with E-state index in [-0.39, 0.29) is 29.1 Å². The molecular formula is C24H20O12. The van der Waals surface area contributed by atoms with Crippen LogP contribution in [0.5, 0.6) is 17.2 Å². The first-order valence-corrected chi connectivity index (χ1v) is 10.8. The minimum atomic E-state index is -1.91. The van der Waals surface area contributed by atoms with E-state index in [2.05, 4.69) is 0 Å². The molecule has 3 heterocycles. The van der Waals surface area contributed by atoms with Gasteiger partial charge in [0.05, 0.1) is 23.6 Å². The number of carbonyl (C=O) groups is 3. The fourth-order valence-corrected chi connectivity index (χ4v) is 4.04. The molecule has 1 saturated heterocycles. The molecule has 5 atom stereocenters. The highest BCUT2D eigenvalue weighted by molar-refractivity contribution is 6.16. The highest BCUT2D eigenvalue weighted by Gasteiger charge is 2.48. The summed E-state index contributed by atoms with van der Waals surface area (Å²) < 4.78 is 26.7. The van der Waals surface area contributed by atoms with Crippen LogP contribution in [0.3, 0.4) is 0 Å². The van der Waals surface area contributed by atoms with Crippen LogP contribution in [-0.4, -0.2) is 75.5 Å². The van der Waals surface area contributed by atoms with E-state index in [0.29, 0.717) is 17.1 Å². The largest absolute Gasteiger partial charge is 0.479 e. The Hall–Kier alpha value is -3.97. The molecule has 1 fully saturated rings. The number of hydrogen-bond donors (Lipinski definition) is 4. The average Bonchev–Trinajstić information content (AvgIpc) is 3.53. The fraction of sp³-hybridized carbons (Fsp3) is 0.292. The van der Waals surface area contributed by atoms with Crippen LogP contribution in [0.1, 0.15) is 27.1 Å². The Balaban J connectivity index is 1.43. The number of carboxylic acids is 1. The lowest BCUT2D eigenvalue weighted by Gasteiger charge is -2.38. The Morgan fingerprint density at radius 3 is 2.47 bits per heavy atom. The van der Waals surface area contributed by atoms with Crippen LogP contribution in [0.4, 0.5) is 0 Å². The summed E-state index contributed by atoms with van der Waals surface area (Å²) in [6.07, 6.45) is -8.56. The summed E-state index contributed by atoms with van der Waals surface area (Å²) in [6, 6.07) is 8.84. The number of aliphatic hydroxyl groups is 3. The van der Waals surface area contributed by atoms with Crippen LogP contribution in [0.15, 0.2) is 47.1 Å². The van der Waals surface area contributed by atoms with E-state index in [4.69, 9.17) is 23.4 Å². The molecule has 5 unspecified atom stereocenters. The van der Waals surface area contributed by atoms with Gasteiger partial charge in [0.15, 0.2) is 29.2 Å². The molecule has 3 aromatic rings. The summed E-state index contributed by atoms with van der Waals surface area (Å²) in [7, 11) is 0. The third kappa shape index (κ3) is 4.16. The van der Waals surface area contributed by atoms with Crippen LogP contribution < -0.4 is 14.2 Å². The van der Waals surface area contributed by atoms with Crippen LogP contribution in [0, 0.1) is 0 Å². The SMILES string of the molecule is O=C(CC(=O)c1ccc2occc2c1OC1OC(C(=O)O)C(O)C(O)C1O)c1ccc2c(c1)OCO2. The molecule has 4 N–H and O–H groups in total. The Bertz CT molecular complexity index is 1340. The number of Topliss-reactive ketones (excluding diaryl/α,β-unsaturated/α-hetero) is 2. The van der Waals surface area contributed by atoms with Gasteiger partial charge in [0.1, 0.15) is 29.6 Å². The van der Waals surface area contributed by atoms with E-state index in [1.54, 1.807) is 6.07 Å². The van der Waals surface area contributed by atoms with E-state index >= 15 is 0 Å². The van der Waals surface area contributed by atoms with Crippen molar-refractivity contribution in [2.45, 2.75) is 37.1 Å². The van der Waals surface area contributed by atoms with Crippen molar-refractivity contribution in [1.29, 1.82) is 0 Å². The number of ether oxygens (including phenoxy) is 4. The van der Waals surface area contributed by atoms with Gasteiger partial charge < -0.3 is 43.8 Å². The lowest BCUT2D eigenvalue weighted by Crippen LogP contribution is -2.61. The molecule has 0 spiro atoms. The third-order valence-corrected chi connectivity index (χ3v) is 5.95. The third-order valence-electron chi connectivity index (χ3n) is 5.95. The standard InChI is InChI=1S/C24H20O12/c25-13(10-1-3-16-17(7-10)34-9-33-16)8-14(26)11-2-4-15-12(5-6-32-15)21(11)35-24-20(29)18(27)19(28)22(36-24)23(30)31/h1-7,18-20,22,24,27-29H,8-9H2,(H,30,31). The zero-order valence-electron chi connectivity index (χ0n) is 18.4. The summed E-state index contributed by atoms with van der Waals surface area (Å²) in [5.41, 5.74) is 0.456. The molecule has 2 aliphatic rings. The molecule has 36 heavy (non-hydrogen) atoms. The van der Waals surface area contributed by atoms with Crippen molar-refractivity contribution >= 4 is 28.5 Å². The molecule has 0 aliphatic carbocycles. The zero-order chi connectivity index (χ0) is 25.6. The van der Waals surface area contributed by atoms with Crippen LogP contribution in [-0.2, 0) is 9.53 Å². The molecule has 2 aliphatic heterocycles. The first kappa shape index (κ1) is 23.8. The Morgan fingerprint density at radius 2 is 1.69 bits per heavy atom. The molecule has 0 saturated carbocycles. The van der Waals surface area contributed by atoms with Crippen molar-refractivity contribution in [3.05, 3.63) is 53.8 Å². The van der Waals surface area contributed by atoms with Gasteiger partial charge in [-0.15, -0.1) is 0 Å². The van der Waals surface area contributed by atoms with E-state index in [9.17, 15) is 34.8 Å². The van der Waals surface area contributed by atoms with E-state index in [1.807, 2.05) is 0 Å². The normalized spacial score (nSPS) is 25.0.